The van der Waals surface area contributed by atoms with Crippen LogP contribution in [0, 0.1) is 19.9 Å². The summed E-state index contributed by atoms with van der Waals surface area (Å²) in [7, 11) is 0. The number of hydrogen-bond acceptors (Lipinski definition) is 0. The van der Waals surface area contributed by atoms with Crippen LogP contribution in [0.5, 0.6) is 0 Å². The van der Waals surface area contributed by atoms with Crippen molar-refractivity contribution < 1.29 is 49.0 Å². The second kappa shape index (κ2) is 17.6. The molecule has 0 saturated carbocycles. The first-order valence-electron chi connectivity index (χ1n) is 15.8. The topological polar surface area (TPSA) is 0 Å². The first-order chi connectivity index (χ1) is 20.8. The number of halogens is 2. The van der Waals surface area contributed by atoms with E-state index in [2.05, 4.69) is 140 Å². The maximum Gasteiger partial charge on any atom is -0.172 e. The van der Waals surface area contributed by atoms with Gasteiger partial charge in [-0.05, 0) is 17.4 Å². The molecule has 1 aliphatic rings. The Morgan fingerprint density at radius 1 is 0.674 bits per heavy atom. The molecule has 0 spiro atoms. The van der Waals surface area contributed by atoms with Gasteiger partial charge in [0.05, 0.1) is 0 Å². The van der Waals surface area contributed by atoms with Gasteiger partial charge in [-0.25, -0.2) is 12.1 Å². The zero-order valence-electron chi connectivity index (χ0n) is 28.8. The maximum absolute atomic E-state index is 3.53. The number of benzene rings is 4. The molecule has 1 aliphatic carbocycles. The summed E-state index contributed by atoms with van der Waals surface area (Å²) in [5.41, 5.74) is 14.3. The third kappa shape index (κ3) is 11.7. The molecule has 0 bridgehead atoms. The van der Waals surface area contributed by atoms with Gasteiger partial charge in [0.2, 0.25) is 0 Å². The van der Waals surface area contributed by atoms with Crippen LogP contribution in [0.3, 0.4) is 0 Å². The third-order valence-electron chi connectivity index (χ3n) is 8.08. The Labute approximate surface area is 306 Å². The SMILES string of the molecule is CC(C)(C)c1c[c-]c2c(c1)-c1cc(C(C)(C)C)ccc1C2.Cc1cccc(C[C](=[Zr+2])Cc2cccc(C)c2)c1.[Cl-].[Cl-].c1cc[cH-]c1. The smallest absolute Gasteiger partial charge is 0.172 e. The van der Waals surface area contributed by atoms with E-state index in [1.165, 1.54) is 55.6 Å². The zero-order chi connectivity index (χ0) is 31.9. The fraction of sp³-hybridized carbons (Fsp3) is 0.302. The second-order valence-electron chi connectivity index (χ2n) is 14.2. The molecule has 0 saturated heterocycles. The molecule has 0 aromatic heterocycles. The molecule has 0 unspecified atom stereocenters. The van der Waals surface area contributed by atoms with E-state index in [1.807, 2.05) is 30.3 Å². The number of hydrogen-bond donors (Lipinski definition) is 0. The van der Waals surface area contributed by atoms with Crippen molar-refractivity contribution in [3.05, 3.63) is 160 Å². The van der Waals surface area contributed by atoms with Crippen molar-refractivity contribution in [2.75, 3.05) is 0 Å². The van der Waals surface area contributed by atoms with E-state index in [1.54, 1.807) is 27.4 Å². The Morgan fingerprint density at radius 2 is 1.20 bits per heavy atom. The Hall–Kier alpha value is -2.44. The molecule has 0 atom stereocenters. The molecular formula is C43H48Cl2Zr-2. The molecule has 0 fully saturated rings. The van der Waals surface area contributed by atoms with Crippen molar-refractivity contribution >= 4 is 3.21 Å². The number of aryl methyl sites for hydroxylation is 2. The number of rotatable bonds is 4. The fourth-order valence-corrected chi connectivity index (χ4v) is 6.51. The summed E-state index contributed by atoms with van der Waals surface area (Å²) < 4.78 is 1.61. The van der Waals surface area contributed by atoms with Crippen molar-refractivity contribution in [2.45, 2.75) is 85.5 Å². The van der Waals surface area contributed by atoms with E-state index >= 15 is 0 Å². The molecule has 0 aliphatic heterocycles. The van der Waals surface area contributed by atoms with Crippen molar-refractivity contribution in [1.29, 1.82) is 0 Å². The van der Waals surface area contributed by atoms with Gasteiger partial charge in [0, 0.05) is 0 Å². The van der Waals surface area contributed by atoms with Crippen LogP contribution < -0.4 is 24.8 Å². The van der Waals surface area contributed by atoms with Gasteiger partial charge in [0.1, 0.15) is 0 Å². The Morgan fingerprint density at radius 3 is 1.65 bits per heavy atom. The van der Waals surface area contributed by atoms with Crippen molar-refractivity contribution in [3.8, 4) is 11.1 Å². The average Bonchev–Trinajstić information content (AvgIpc) is 3.64. The molecular weight excluding hydrogens is 679 g/mol. The van der Waals surface area contributed by atoms with Gasteiger partial charge in [-0.3, -0.25) is 0 Å². The second-order valence-corrected chi connectivity index (χ2v) is 16.0. The third-order valence-corrected chi connectivity index (χ3v) is 8.95. The molecule has 3 heteroatoms. The van der Waals surface area contributed by atoms with Crippen molar-refractivity contribution in [1.82, 2.24) is 0 Å². The van der Waals surface area contributed by atoms with Gasteiger partial charge in [-0.2, -0.15) is 47.5 Å². The summed E-state index contributed by atoms with van der Waals surface area (Å²) in [6, 6.07) is 42.7. The fourth-order valence-electron chi connectivity index (χ4n) is 5.51. The normalized spacial score (nSPS) is 11.3. The minimum Gasteiger partial charge on any atom is -1.00 e. The van der Waals surface area contributed by atoms with Crippen LogP contribution in [0.2, 0.25) is 0 Å². The average molecular weight is 727 g/mol. The van der Waals surface area contributed by atoms with Crippen LogP contribution in [0.1, 0.15) is 86.1 Å². The van der Waals surface area contributed by atoms with Crippen molar-refractivity contribution in [2.24, 2.45) is 0 Å². The van der Waals surface area contributed by atoms with Crippen LogP contribution >= 0.6 is 0 Å². The molecule has 0 nitrogen and oxygen atoms in total. The van der Waals surface area contributed by atoms with Gasteiger partial charge in [0.15, 0.2) is 0 Å². The standard InChI is InChI=1S/C21H25.C17H18.C5H5.2ClH.Zr/c1-20(2,3)16-9-7-14-11-15-8-10-17(21(4,5)6)13-19(15)18(14)12-16;1-14-6-3-8-16(12-14)10-5-11-17-9-4-7-15(2)13-17;1-2-4-5-3-1;;;/h7,9-10,12-13H,11H2,1-6H3;3-4,6-9,12-13H,10-11H2,1-2H3;1-5H;2*1H;/q-1;;-1;;;+2/p-2. The summed E-state index contributed by atoms with van der Waals surface area (Å²) in [6.07, 6.45) is 3.27. The van der Waals surface area contributed by atoms with E-state index in [0.717, 1.165) is 19.3 Å². The summed E-state index contributed by atoms with van der Waals surface area (Å²) in [4.78, 5) is 0. The van der Waals surface area contributed by atoms with Crippen LogP contribution in [0.15, 0.2) is 109 Å². The van der Waals surface area contributed by atoms with Gasteiger partial charge >= 0.3 is 125 Å². The van der Waals surface area contributed by atoms with E-state index in [4.69, 9.17) is 0 Å². The quantitative estimate of drug-likeness (QED) is 0.228. The maximum atomic E-state index is 3.53. The Kier molecular flexibility index (Phi) is 15.2. The van der Waals surface area contributed by atoms with E-state index in [0.29, 0.717) is 0 Å². The zero-order valence-corrected chi connectivity index (χ0v) is 32.7. The van der Waals surface area contributed by atoms with Crippen LogP contribution in [0.4, 0.5) is 0 Å². The molecule has 0 heterocycles. The molecule has 5 aromatic carbocycles. The molecule has 0 amide bonds. The Balaban J connectivity index is 0.000000270. The first kappa shape index (κ1) is 39.7. The van der Waals surface area contributed by atoms with Gasteiger partial charge in [0.25, 0.3) is 0 Å². The minimum atomic E-state index is 0. The van der Waals surface area contributed by atoms with Crippen molar-refractivity contribution in [3.63, 3.8) is 0 Å². The molecule has 46 heavy (non-hydrogen) atoms. The van der Waals surface area contributed by atoms with Gasteiger partial charge in [-0.1, -0.05) is 76.3 Å². The predicted octanol–water partition coefficient (Wildman–Crippen LogP) is 4.87. The predicted molar refractivity (Wildman–Crippen MR) is 188 cm³/mol. The van der Waals surface area contributed by atoms with Crippen LogP contribution in [0.25, 0.3) is 11.1 Å². The Bertz CT molecular complexity index is 1550. The largest absolute Gasteiger partial charge is 1.00 e. The monoisotopic (exact) mass is 724 g/mol. The minimum absolute atomic E-state index is 0. The number of fused-ring (bicyclic) bond motifs is 3. The summed E-state index contributed by atoms with van der Waals surface area (Å²) in [5, 5.41) is 0. The van der Waals surface area contributed by atoms with Crippen LogP contribution in [-0.4, -0.2) is 3.21 Å². The molecule has 0 N–H and O–H groups in total. The molecule has 6 rings (SSSR count). The summed E-state index contributed by atoms with van der Waals surface area (Å²) in [6.45, 7) is 18.0. The van der Waals surface area contributed by atoms with E-state index < -0.39 is 0 Å². The van der Waals surface area contributed by atoms with E-state index in [9.17, 15) is 0 Å². The summed E-state index contributed by atoms with van der Waals surface area (Å²) in [5.74, 6) is 0. The van der Waals surface area contributed by atoms with Crippen LogP contribution in [-0.2, 0) is 54.3 Å². The van der Waals surface area contributed by atoms with Gasteiger partial charge in [-0.15, -0.1) is 5.56 Å². The first-order valence-corrected chi connectivity index (χ1v) is 17.1. The summed E-state index contributed by atoms with van der Waals surface area (Å²) >= 11 is 1.55. The molecule has 5 aromatic rings. The molecule has 240 valence electrons. The van der Waals surface area contributed by atoms with E-state index in [-0.39, 0.29) is 35.6 Å². The van der Waals surface area contributed by atoms with Gasteiger partial charge < -0.3 is 24.8 Å². The molecule has 0 radical (unpaired) electrons.